The van der Waals surface area contributed by atoms with Gasteiger partial charge in [-0.3, -0.25) is 4.79 Å². The molecule has 66 valence electrons. The van der Waals surface area contributed by atoms with Crippen molar-refractivity contribution in [2.24, 2.45) is 0 Å². The first kappa shape index (κ1) is 9.47. The molecule has 2 heteroatoms. The Bertz CT molecular complexity index is 311. The summed E-state index contributed by atoms with van der Waals surface area (Å²) in [5, 5.41) is 8.28. The Kier molecular flexibility index (Phi) is 3.72. The van der Waals surface area contributed by atoms with Crippen molar-refractivity contribution in [3.8, 4) is 6.07 Å². The van der Waals surface area contributed by atoms with Gasteiger partial charge in [0, 0.05) is 19.3 Å². The first-order valence-electron chi connectivity index (χ1n) is 4.25. The number of carbonyl (C=O) groups excluding carboxylic acids is 1. The first-order chi connectivity index (χ1) is 6.33. The molecule has 0 N–H and O–H groups in total. The van der Waals surface area contributed by atoms with E-state index in [0.717, 1.165) is 5.56 Å². The highest BCUT2D eigenvalue weighted by Gasteiger charge is 2.01. The summed E-state index contributed by atoms with van der Waals surface area (Å²) in [4.78, 5) is 11.2. The Morgan fingerprint density at radius 2 is 2.00 bits per heavy atom. The summed E-state index contributed by atoms with van der Waals surface area (Å²) in [5.41, 5.74) is 1.02. The Labute approximate surface area is 77.8 Å². The highest BCUT2D eigenvalue weighted by Crippen LogP contribution is 2.02. The van der Waals surface area contributed by atoms with Crippen LogP contribution in [0.25, 0.3) is 0 Å². The van der Waals surface area contributed by atoms with Gasteiger partial charge in [-0.25, -0.2) is 0 Å². The lowest BCUT2D eigenvalue weighted by molar-refractivity contribution is -0.118. The minimum Gasteiger partial charge on any atom is -0.299 e. The summed E-state index contributed by atoms with van der Waals surface area (Å²) in [6.45, 7) is 0. The molecular weight excluding hydrogens is 162 g/mol. The Balaban J connectivity index is 2.42. The maximum atomic E-state index is 11.2. The van der Waals surface area contributed by atoms with Crippen molar-refractivity contribution in [1.82, 2.24) is 0 Å². The van der Waals surface area contributed by atoms with Crippen LogP contribution in [0.5, 0.6) is 0 Å². The van der Waals surface area contributed by atoms with Crippen LogP contribution in [0.15, 0.2) is 30.3 Å². The molecule has 0 atom stereocenters. The average molecular weight is 173 g/mol. The summed E-state index contributed by atoms with van der Waals surface area (Å²) < 4.78 is 0. The Hall–Kier alpha value is -1.62. The summed E-state index contributed by atoms with van der Waals surface area (Å²) in [5.74, 6) is 0.132. The third-order valence-corrected chi connectivity index (χ3v) is 1.76. The minimum atomic E-state index is 0.132. The normalized spacial score (nSPS) is 9.15. The maximum Gasteiger partial charge on any atom is 0.138 e. The zero-order valence-electron chi connectivity index (χ0n) is 7.36. The van der Waals surface area contributed by atoms with Crippen LogP contribution in [0.2, 0.25) is 0 Å². The van der Waals surface area contributed by atoms with Crippen molar-refractivity contribution in [1.29, 1.82) is 5.26 Å². The SMILES string of the molecule is N#CCCC(=O)Cc1ccccc1. The highest BCUT2D eigenvalue weighted by molar-refractivity contribution is 5.80. The van der Waals surface area contributed by atoms with Gasteiger partial charge in [0.15, 0.2) is 0 Å². The number of ketones is 1. The van der Waals surface area contributed by atoms with Gasteiger partial charge in [0.2, 0.25) is 0 Å². The fourth-order valence-electron chi connectivity index (χ4n) is 1.11. The van der Waals surface area contributed by atoms with Crippen LogP contribution in [0.1, 0.15) is 18.4 Å². The van der Waals surface area contributed by atoms with E-state index in [9.17, 15) is 4.79 Å². The van der Waals surface area contributed by atoms with E-state index in [1.165, 1.54) is 0 Å². The average Bonchev–Trinajstić information content (AvgIpc) is 2.16. The summed E-state index contributed by atoms with van der Waals surface area (Å²) in [6, 6.07) is 11.5. The van der Waals surface area contributed by atoms with Crippen molar-refractivity contribution in [2.75, 3.05) is 0 Å². The van der Waals surface area contributed by atoms with E-state index >= 15 is 0 Å². The predicted molar refractivity (Wildman–Crippen MR) is 50.0 cm³/mol. The smallest absolute Gasteiger partial charge is 0.138 e. The van der Waals surface area contributed by atoms with Gasteiger partial charge < -0.3 is 0 Å². The van der Waals surface area contributed by atoms with Crippen molar-refractivity contribution in [3.05, 3.63) is 35.9 Å². The molecule has 0 bridgehead atoms. The molecule has 0 saturated heterocycles. The standard InChI is InChI=1S/C11H11NO/c12-8-4-7-11(13)9-10-5-2-1-3-6-10/h1-3,5-6H,4,7,9H2. The molecule has 0 spiro atoms. The van der Waals surface area contributed by atoms with Crippen LogP contribution in [-0.2, 0) is 11.2 Å². The van der Waals surface area contributed by atoms with Crippen LogP contribution in [0.4, 0.5) is 0 Å². The van der Waals surface area contributed by atoms with Crippen LogP contribution in [-0.4, -0.2) is 5.78 Å². The number of nitrogens with zero attached hydrogens (tertiary/aromatic N) is 1. The largest absolute Gasteiger partial charge is 0.299 e. The lowest BCUT2D eigenvalue weighted by Gasteiger charge is -1.97. The summed E-state index contributed by atoms with van der Waals surface area (Å²) in [6.07, 6.45) is 1.14. The molecule has 0 radical (unpaired) electrons. The summed E-state index contributed by atoms with van der Waals surface area (Å²) in [7, 11) is 0. The van der Waals surface area contributed by atoms with Crippen molar-refractivity contribution in [2.45, 2.75) is 19.3 Å². The van der Waals surface area contributed by atoms with Gasteiger partial charge >= 0.3 is 0 Å². The highest BCUT2D eigenvalue weighted by atomic mass is 16.1. The number of hydrogen-bond donors (Lipinski definition) is 0. The number of rotatable bonds is 4. The zero-order chi connectivity index (χ0) is 9.52. The molecule has 0 aliphatic heterocycles. The lowest BCUT2D eigenvalue weighted by Crippen LogP contribution is -2.01. The van der Waals surface area contributed by atoms with E-state index in [0.29, 0.717) is 19.3 Å². The molecule has 0 unspecified atom stereocenters. The third-order valence-electron chi connectivity index (χ3n) is 1.76. The number of Topliss-reactive ketones (excluding diaryl/α,β-unsaturated/α-hetero) is 1. The van der Waals surface area contributed by atoms with E-state index in [-0.39, 0.29) is 5.78 Å². The van der Waals surface area contributed by atoms with Crippen LogP contribution in [0.3, 0.4) is 0 Å². The van der Waals surface area contributed by atoms with E-state index in [1.807, 2.05) is 36.4 Å². The molecule has 0 fully saturated rings. The van der Waals surface area contributed by atoms with Gasteiger partial charge in [0.05, 0.1) is 6.07 Å². The van der Waals surface area contributed by atoms with Crippen molar-refractivity contribution >= 4 is 5.78 Å². The number of carbonyl (C=O) groups is 1. The fourth-order valence-corrected chi connectivity index (χ4v) is 1.11. The zero-order valence-corrected chi connectivity index (χ0v) is 7.36. The van der Waals surface area contributed by atoms with E-state index < -0.39 is 0 Å². The lowest BCUT2D eigenvalue weighted by atomic mass is 10.1. The predicted octanol–water partition coefficient (Wildman–Crippen LogP) is 2.10. The Morgan fingerprint density at radius 3 is 2.62 bits per heavy atom. The van der Waals surface area contributed by atoms with Crippen LogP contribution < -0.4 is 0 Å². The van der Waals surface area contributed by atoms with Gasteiger partial charge in [-0.2, -0.15) is 5.26 Å². The molecule has 0 saturated carbocycles. The maximum absolute atomic E-state index is 11.2. The monoisotopic (exact) mass is 173 g/mol. The van der Waals surface area contributed by atoms with Gasteiger partial charge in [0.1, 0.15) is 5.78 Å². The van der Waals surface area contributed by atoms with Crippen LogP contribution >= 0.6 is 0 Å². The van der Waals surface area contributed by atoms with Gasteiger partial charge in [-0.1, -0.05) is 30.3 Å². The topological polar surface area (TPSA) is 40.9 Å². The quantitative estimate of drug-likeness (QED) is 0.699. The van der Waals surface area contributed by atoms with Crippen molar-refractivity contribution < 1.29 is 4.79 Å². The summed E-state index contributed by atoms with van der Waals surface area (Å²) >= 11 is 0. The molecule has 2 nitrogen and oxygen atoms in total. The molecular formula is C11H11NO. The van der Waals surface area contributed by atoms with Gasteiger partial charge in [0.25, 0.3) is 0 Å². The van der Waals surface area contributed by atoms with Crippen molar-refractivity contribution in [3.63, 3.8) is 0 Å². The molecule has 0 aliphatic rings. The third kappa shape index (κ3) is 3.53. The number of nitriles is 1. The second kappa shape index (κ2) is 5.10. The van der Waals surface area contributed by atoms with E-state index in [4.69, 9.17) is 5.26 Å². The van der Waals surface area contributed by atoms with Gasteiger partial charge in [-0.05, 0) is 5.56 Å². The molecule has 1 rings (SSSR count). The molecule has 0 heterocycles. The first-order valence-corrected chi connectivity index (χ1v) is 4.25. The van der Waals surface area contributed by atoms with E-state index in [2.05, 4.69) is 0 Å². The molecule has 1 aromatic rings. The molecule has 1 aromatic carbocycles. The number of benzene rings is 1. The molecule has 0 amide bonds. The van der Waals surface area contributed by atoms with Crippen LogP contribution in [0, 0.1) is 11.3 Å². The molecule has 0 aliphatic carbocycles. The molecule has 0 aromatic heterocycles. The second-order valence-corrected chi connectivity index (χ2v) is 2.86. The fraction of sp³-hybridized carbons (Fsp3) is 0.273. The van der Waals surface area contributed by atoms with E-state index in [1.54, 1.807) is 0 Å². The number of hydrogen-bond acceptors (Lipinski definition) is 2. The second-order valence-electron chi connectivity index (χ2n) is 2.86. The minimum absolute atomic E-state index is 0.132. The Morgan fingerprint density at radius 1 is 1.31 bits per heavy atom. The van der Waals surface area contributed by atoms with Gasteiger partial charge in [-0.15, -0.1) is 0 Å². The molecule has 13 heavy (non-hydrogen) atoms.